The molecule has 0 radical (unpaired) electrons. The van der Waals surface area contributed by atoms with Gasteiger partial charge in [-0.05, 0) is 18.9 Å². The van der Waals surface area contributed by atoms with Gasteiger partial charge in [0.05, 0.1) is 12.6 Å². The van der Waals surface area contributed by atoms with Crippen molar-refractivity contribution < 1.29 is 19.4 Å². The molecule has 16 heavy (non-hydrogen) atoms. The first-order valence-corrected chi connectivity index (χ1v) is 5.33. The molecule has 1 aliphatic heterocycles. The van der Waals surface area contributed by atoms with Crippen LogP contribution in [-0.2, 0) is 14.3 Å². The summed E-state index contributed by atoms with van der Waals surface area (Å²) in [6, 6.07) is -0.216. The number of hydrogen-bond acceptors (Lipinski definition) is 4. The first kappa shape index (κ1) is 12.9. The van der Waals surface area contributed by atoms with Gasteiger partial charge in [0.15, 0.2) is 6.10 Å². The zero-order valence-electron chi connectivity index (χ0n) is 9.53. The summed E-state index contributed by atoms with van der Waals surface area (Å²) in [5, 5.41) is 14.4. The molecule has 0 spiro atoms. The lowest BCUT2D eigenvalue weighted by molar-refractivity contribution is -0.148. The third-order valence-electron chi connectivity index (χ3n) is 2.84. The highest BCUT2D eigenvalue weighted by Crippen LogP contribution is 2.14. The highest BCUT2D eigenvalue weighted by Gasteiger charge is 2.29. The Labute approximate surface area is 94.3 Å². The van der Waals surface area contributed by atoms with Crippen molar-refractivity contribution in [3.8, 4) is 0 Å². The molecule has 1 fully saturated rings. The van der Waals surface area contributed by atoms with Crippen LogP contribution in [0.5, 0.6) is 0 Å². The maximum atomic E-state index is 11.7. The van der Waals surface area contributed by atoms with Crippen LogP contribution in [0.15, 0.2) is 0 Å². The monoisotopic (exact) mass is 230 g/mol. The molecule has 3 atom stereocenters. The van der Waals surface area contributed by atoms with E-state index in [2.05, 4.69) is 10.6 Å². The van der Waals surface area contributed by atoms with Gasteiger partial charge in [-0.15, -0.1) is 0 Å². The van der Waals surface area contributed by atoms with Crippen LogP contribution in [0.1, 0.15) is 13.3 Å². The molecule has 0 aromatic rings. The lowest BCUT2D eigenvalue weighted by atomic mass is 10.0. The fourth-order valence-corrected chi connectivity index (χ4v) is 1.76. The zero-order chi connectivity index (χ0) is 12.1. The van der Waals surface area contributed by atoms with E-state index in [1.807, 2.05) is 6.92 Å². The van der Waals surface area contributed by atoms with Crippen LogP contribution in [0, 0.1) is 5.92 Å². The molecule has 1 heterocycles. The fourth-order valence-electron chi connectivity index (χ4n) is 1.76. The number of nitrogens with one attached hydrogen (secondary N) is 2. The van der Waals surface area contributed by atoms with Crippen molar-refractivity contribution in [1.29, 1.82) is 0 Å². The Kier molecular flexibility index (Phi) is 4.70. The second-order valence-electron chi connectivity index (χ2n) is 4.01. The molecule has 0 saturated carbocycles. The molecule has 92 valence electrons. The molecule has 3 unspecified atom stereocenters. The van der Waals surface area contributed by atoms with Crippen molar-refractivity contribution in [1.82, 2.24) is 10.6 Å². The van der Waals surface area contributed by atoms with E-state index >= 15 is 0 Å². The minimum atomic E-state index is -1.07. The quantitative estimate of drug-likeness (QED) is 0.575. The van der Waals surface area contributed by atoms with E-state index in [0.717, 1.165) is 13.0 Å². The van der Waals surface area contributed by atoms with Gasteiger partial charge in [-0.1, -0.05) is 6.92 Å². The summed E-state index contributed by atoms with van der Waals surface area (Å²) in [5.41, 5.74) is 0. The molecule has 1 rings (SSSR count). The van der Waals surface area contributed by atoms with Crippen molar-refractivity contribution >= 4 is 11.9 Å². The highest BCUT2D eigenvalue weighted by atomic mass is 16.5. The molecular formula is C10H18N2O4. The van der Waals surface area contributed by atoms with Gasteiger partial charge in [0.1, 0.15) is 0 Å². The maximum absolute atomic E-state index is 11.7. The lowest BCUT2D eigenvalue weighted by Crippen LogP contribution is -2.47. The first-order chi connectivity index (χ1) is 7.56. The van der Waals surface area contributed by atoms with Gasteiger partial charge in [-0.3, -0.25) is 4.79 Å². The van der Waals surface area contributed by atoms with Gasteiger partial charge >= 0.3 is 5.97 Å². The Morgan fingerprint density at radius 3 is 2.75 bits per heavy atom. The molecule has 6 heteroatoms. The summed E-state index contributed by atoms with van der Waals surface area (Å²) in [6.07, 6.45) is -0.0225. The Hall–Kier alpha value is -1.14. The number of hydrogen-bond donors (Lipinski definition) is 3. The van der Waals surface area contributed by atoms with E-state index in [1.54, 1.807) is 0 Å². The van der Waals surface area contributed by atoms with Crippen LogP contribution in [0.3, 0.4) is 0 Å². The zero-order valence-corrected chi connectivity index (χ0v) is 9.53. The van der Waals surface area contributed by atoms with Gasteiger partial charge in [0.25, 0.3) is 0 Å². The van der Waals surface area contributed by atoms with E-state index < -0.39 is 12.1 Å². The van der Waals surface area contributed by atoms with Crippen LogP contribution in [0.4, 0.5) is 0 Å². The predicted octanol–water partition coefficient (Wildman–Crippen LogP) is -0.800. The molecule has 0 aromatic heterocycles. The number of aliphatic carboxylic acids is 1. The van der Waals surface area contributed by atoms with Crippen molar-refractivity contribution in [3.63, 3.8) is 0 Å². The van der Waals surface area contributed by atoms with Crippen LogP contribution < -0.4 is 10.6 Å². The van der Waals surface area contributed by atoms with E-state index in [4.69, 9.17) is 9.84 Å². The second-order valence-corrected chi connectivity index (χ2v) is 4.01. The number of carboxylic acid groups (broad SMARTS) is 1. The largest absolute Gasteiger partial charge is 0.479 e. The van der Waals surface area contributed by atoms with E-state index in [9.17, 15) is 9.59 Å². The minimum absolute atomic E-state index is 0.00440. The summed E-state index contributed by atoms with van der Waals surface area (Å²) in [7, 11) is 1.31. The number of ether oxygens (including phenoxy) is 1. The van der Waals surface area contributed by atoms with Crippen molar-refractivity contribution in [2.45, 2.75) is 25.5 Å². The molecule has 0 aromatic carbocycles. The van der Waals surface area contributed by atoms with E-state index in [0.29, 0.717) is 0 Å². The number of rotatable bonds is 5. The first-order valence-electron chi connectivity index (χ1n) is 5.33. The number of carboxylic acids is 1. The van der Waals surface area contributed by atoms with Gasteiger partial charge in [-0.2, -0.15) is 0 Å². The molecule has 3 N–H and O–H groups in total. The molecule has 1 amide bonds. The Bertz CT molecular complexity index is 270. The van der Waals surface area contributed by atoms with Crippen LogP contribution in [0.2, 0.25) is 0 Å². The molecule has 0 aliphatic carbocycles. The van der Waals surface area contributed by atoms with E-state index in [-0.39, 0.29) is 24.4 Å². The third kappa shape index (κ3) is 3.18. The molecular weight excluding hydrogens is 212 g/mol. The van der Waals surface area contributed by atoms with Crippen molar-refractivity contribution in [2.24, 2.45) is 5.92 Å². The molecule has 1 saturated heterocycles. The van der Waals surface area contributed by atoms with Gasteiger partial charge in [-0.25, -0.2) is 4.79 Å². The van der Waals surface area contributed by atoms with Gasteiger partial charge in [0.2, 0.25) is 5.91 Å². The topological polar surface area (TPSA) is 87.7 Å². The summed E-state index contributed by atoms with van der Waals surface area (Å²) in [4.78, 5) is 22.3. The normalized spacial score (nSPS) is 26.4. The lowest BCUT2D eigenvalue weighted by Gasteiger charge is -2.17. The Balaban J connectivity index is 2.37. The van der Waals surface area contributed by atoms with E-state index in [1.165, 1.54) is 7.11 Å². The number of carbonyl (C=O) groups is 2. The smallest absolute Gasteiger partial charge is 0.334 e. The predicted molar refractivity (Wildman–Crippen MR) is 57.0 cm³/mol. The summed E-state index contributed by atoms with van der Waals surface area (Å²) in [6.45, 7) is 2.82. The third-order valence-corrected chi connectivity index (χ3v) is 2.84. The fraction of sp³-hybridized carbons (Fsp3) is 0.800. The second kappa shape index (κ2) is 5.81. The molecule has 6 nitrogen and oxygen atoms in total. The number of amides is 1. The minimum Gasteiger partial charge on any atom is -0.479 e. The van der Waals surface area contributed by atoms with Gasteiger partial charge < -0.3 is 20.5 Å². The average molecular weight is 230 g/mol. The Morgan fingerprint density at radius 2 is 2.31 bits per heavy atom. The maximum Gasteiger partial charge on any atom is 0.334 e. The van der Waals surface area contributed by atoms with Crippen LogP contribution in [0.25, 0.3) is 0 Å². The molecule has 1 aliphatic rings. The number of methoxy groups -OCH3 is 1. The SMILES string of the molecule is COC(CNC(=O)C1NCCC1C)C(=O)O. The van der Waals surface area contributed by atoms with Crippen molar-refractivity contribution in [2.75, 3.05) is 20.2 Å². The van der Waals surface area contributed by atoms with Gasteiger partial charge in [0, 0.05) is 7.11 Å². The summed E-state index contributed by atoms with van der Waals surface area (Å²) >= 11 is 0. The summed E-state index contributed by atoms with van der Waals surface area (Å²) < 4.78 is 4.72. The highest BCUT2D eigenvalue weighted by molar-refractivity contribution is 5.83. The Morgan fingerprint density at radius 1 is 1.62 bits per heavy atom. The molecule has 0 bridgehead atoms. The van der Waals surface area contributed by atoms with Crippen molar-refractivity contribution in [3.05, 3.63) is 0 Å². The number of carbonyl (C=O) groups excluding carboxylic acids is 1. The average Bonchev–Trinajstić information content (AvgIpc) is 2.64. The standard InChI is InChI=1S/C10H18N2O4/c1-6-3-4-11-8(6)9(13)12-5-7(16-2)10(14)15/h6-8,11H,3-5H2,1-2H3,(H,12,13)(H,14,15). The van der Waals surface area contributed by atoms with Crippen LogP contribution in [-0.4, -0.2) is 49.3 Å². The summed E-state index contributed by atoms with van der Waals surface area (Å²) in [5.74, 6) is -0.950. The van der Waals surface area contributed by atoms with Crippen LogP contribution >= 0.6 is 0 Å².